The van der Waals surface area contributed by atoms with Crippen molar-refractivity contribution < 1.29 is 4.79 Å². The van der Waals surface area contributed by atoms with Crippen LogP contribution in [0.3, 0.4) is 0 Å². The number of anilines is 3. The lowest BCUT2D eigenvalue weighted by Gasteiger charge is -2.08. The standard InChI is InChI=1S/C16H15N7OS/c1-9-3-4-11-10(7-18-21-11)14(9)20-15(24)12-8-17-16(25-12)19-13-5-6-23(2)22-13/h3-8H,1-2H3,(H,18,21)(H,20,24)(H,17,19,22). The summed E-state index contributed by atoms with van der Waals surface area (Å²) in [5, 5.41) is 18.7. The van der Waals surface area contributed by atoms with Crippen molar-refractivity contribution in [2.45, 2.75) is 6.92 Å². The molecule has 8 nitrogen and oxygen atoms in total. The van der Waals surface area contributed by atoms with Gasteiger partial charge >= 0.3 is 0 Å². The molecule has 25 heavy (non-hydrogen) atoms. The van der Waals surface area contributed by atoms with Crippen LogP contribution in [0.4, 0.5) is 16.6 Å². The van der Waals surface area contributed by atoms with Gasteiger partial charge in [-0.05, 0) is 18.6 Å². The van der Waals surface area contributed by atoms with Gasteiger partial charge in [0.2, 0.25) is 0 Å². The lowest BCUT2D eigenvalue weighted by atomic mass is 10.1. The number of thiazole rings is 1. The van der Waals surface area contributed by atoms with Gasteiger partial charge < -0.3 is 10.6 Å². The number of carbonyl (C=O) groups excluding carboxylic acids is 1. The lowest BCUT2D eigenvalue weighted by Crippen LogP contribution is -2.11. The first kappa shape index (κ1) is 15.3. The Kier molecular flexibility index (Phi) is 3.69. The number of fused-ring (bicyclic) bond motifs is 1. The maximum Gasteiger partial charge on any atom is 0.267 e. The van der Waals surface area contributed by atoms with Crippen LogP contribution in [0.2, 0.25) is 0 Å². The quantitative estimate of drug-likeness (QED) is 0.523. The molecular formula is C16H15N7OS. The first-order chi connectivity index (χ1) is 12.1. The lowest BCUT2D eigenvalue weighted by molar-refractivity contribution is 0.103. The highest BCUT2D eigenvalue weighted by atomic mass is 32.1. The second-order valence-electron chi connectivity index (χ2n) is 5.57. The molecule has 3 N–H and O–H groups in total. The number of aromatic nitrogens is 5. The van der Waals surface area contributed by atoms with E-state index in [4.69, 9.17) is 0 Å². The SMILES string of the molecule is Cc1ccc2[nH]ncc2c1NC(=O)c1cnc(Nc2ccn(C)n2)s1. The summed E-state index contributed by atoms with van der Waals surface area (Å²) in [5.74, 6) is 0.478. The molecular weight excluding hydrogens is 338 g/mol. The van der Waals surface area contributed by atoms with E-state index in [0.29, 0.717) is 15.8 Å². The van der Waals surface area contributed by atoms with Crippen molar-refractivity contribution in [3.8, 4) is 0 Å². The molecule has 0 aliphatic rings. The van der Waals surface area contributed by atoms with Gasteiger partial charge in [0, 0.05) is 24.7 Å². The highest BCUT2D eigenvalue weighted by molar-refractivity contribution is 7.17. The molecule has 0 radical (unpaired) electrons. The highest BCUT2D eigenvalue weighted by Gasteiger charge is 2.15. The van der Waals surface area contributed by atoms with Gasteiger partial charge in [0.1, 0.15) is 4.88 Å². The first-order valence-electron chi connectivity index (χ1n) is 7.57. The molecule has 0 atom stereocenters. The van der Waals surface area contributed by atoms with E-state index in [-0.39, 0.29) is 5.91 Å². The van der Waals surface area contributed by atoms with E-state index < -0.39 is 0 Å². The fourth-order valence-corrected chi connectivity index (χ4v) is 3.21. The Morgan fingerprint density at radius 3 is 2.96 bits per heavy atom. The molecule has 0 saturated carbocycles. The van der Waals surface area contributed by atoms with Crippen LogP contribution in [-0.4, -0.2) is 30.9 Å². The van der Waals surface area contributed by atoms with Crippen LogP contribution in [-0.2, 0) is 7.05 Å². The van der Waals surface area contributed by atoms with Crippen LogP contribution < -0.4 is 10.6 Å². The summed E-state index contributed by atoms with van der Waals surface area (Å²) in [6, 6.07) is 5.72. The van der Waals surface area contributed by atoms with E-state index in [0.717, 1.165) is 22.2 Å². The number of H-pyrrole nitrogens is 1. The van der Waals surface area contributed by atoms with E-state index in [1.807, 2.05) is 38.4 Å². The van der Waals surface area contributed by atoms with Gasteiger partial charge in [-0.3, -0.25) is 14.6 Å². The number of aromatic amines is 1. The van der Waals surface area contributed by atoms with Crippen molar-refractivity contribution in [2.24, 2.45) is 7.05 Å². The highest BCUT2D eigenvalue weighted by Crippen LogP contribution is 2.28. The minimum absolute atomic E-state index is 0.205. The third-order valence-corrected chi connectivity index (χ3v) is 4.66. The first-order valence-corrected chi connectivity index (χ1v) is 8.38. The molecule has 126 valence electrons. The van der Waals surface area contributed by atoms with Crippen molar-refractivity contribution in [2.75, 3.05) is 10.6 Å². The number of amides is 1. The Bertz CT molecular complexity index is 1060. The molecule has 1 aromatic carbocycles. The molecule has 9 heteroatoms. The van der Waals surface area contributed by atoms with Crippen LogP contribution in [0, 0.1) is 6.92 Å². The van der Waals surface area contributed by atoms with Crippen molar-refractivity contribution in [3.63, 3.8) is 0 Å². The number of rotatable bonds is 4. The van der Waals surface area contributed by atoms with Crippen LogP contribution in [0.5, 0.6) is 0 Å². The van der Waals surface area contributed by atoms with Crippen molar-refractivity contribution in [1.29, 1.82) is 0 Å². The topological polar surface area (TPSA) is 101 Å². The molecule has 1 amide bonds. The molecule has 0 unspecified atom stereocenters. The third kappa shape index (κ3) is 2.96. The zero-order valence-electron chi connectivity index (χ0n) is 13.6. The molecule has 3 aromatic heterocycles. The van der Waals surface area contributed by atoms with Crippen LogP contribution >= 0.6 is 11.3 Å². The molecule has 3 heterocycles. The average molecular weight is 353 g/mol. The van der Waals surface area contributed by atoms with Gasteiger partial charge in [-0.15, -0.1) is 0 Å². The summed E-state index contributed by atoms with van der Waals surface area (Å²) in [4.78, 5) is 17.3. The summed E-state index contributed by atoms with van der Waals surface area (Å²) in [5.41, 5.74) is 2.60. The molecule has 0 spiro atoms. The van der Waals surface area contributed by atoms with Crippen molar-refractivity contribution >= 4 is 44.8 Å². The van der Waals surface area contributed by atoms with Gasteiger partial charge in [0.15, 0.2) is 10.9 Å². The van der Waals surface area contributed by atoms with E-state index in [2.05, 4.69) is 30.9 Å². The minimum atomic E-state index is -0.205. The summed E-state index contributed by atoms with van der Waals surface area (Å²) in [7, 11) is 1.84. The summed E-state index contributed by atoms with van der Waals surface area (Å²) >= 11 is 1.27. The smallest absolute Gasteiger partial charge is 0.267 e. The monoisotopic (exact) mass is 353 g/mol. The normalized spacial score (nSPS) is 11.0. The third-order valence-electron chi connectivity index (χ3n) is 3.75. The molecule has 4 rings (SSSR count). The second-order valence-corrected chi connectivity index (χ2v) is 6.60. The number of hydrogen-bond donors (Lipinski definition) is 3. The largest absolute Gasteiger partial charge is 0.320 e. The zero-order valence-corrected chi connectivity index (χ0v) is 14.4. The Balaban J connectivity index is 1.55. The molecule has 4 aromatic rings. The van der Waals surface area contributed by atoms with Crippen molar-refractivity contribution in [3.05, 3.63) is 47.2 Å². The maximum absolute atomic E-state index is 12.6. The number of nitrogens with zero attached hydrogens (tertiary/aromatic N) is 4. The second kappa shape index (κ2) is 6.02. The fraction of sp³-hybridized carbons (Fsp3) is 0.125. The van der Waals surface area contributed by atoms with Crippen molar-refractivity contribution in [1.82, 2.24) is 25.0 Å². The van der Waals surface area contributed by atoms with E-state index >= 15 is 0 Å². The number of benzene rings is 1. The Labute approximate surface area is 146 Å². The Morgan fingerprint density at radius 2 is 2.16 bits per heavy atom. The van der Waals surface area contributed by atoms with E-state index in [1.165, 1.54) is 11.3 Å². The van der Waals surface area contributed by atoms with Gasteiger partial charge in [-0.1, -0.05) is 17.4 Å². The fourth-order valence-electron chi connectivity index (χ4n) is 2.50. The van der Waals surface area contributed by atoms with Crippen LogP contribution in [0.15, 0.2) is 36.8 Å². The van der Waals surface area contributed by atoms with Gasteiger partial charge in [0.05, 0.1) is 23.6 Å². The van der Waals surface area contributed by atoms with E-state index in [1.54, 1.807) is 17.1 Å². The van der Waals surface area contributed by atoms with E-state index in [9.17, 15) is 4.79 Å². The molecule has 0 saturated heterocycles. The molecule has 0 bridgehead atoms. The van der Waals surface area contributed by atoms with Crippen LogP contribution in [0.1, 0.15) is 15.2 Å². The molecule has 0 fully saturated rings. The number of aryl methyl sites for hydroxylation is 2. The predicted octanol–water partition coefficient (Wildman–Crippen LogP) is 3.06. The summed E-state index contributed by atoms with van der Waals surface area (Å²) < 4.78 is 1.69. The number of nitrogens with one attached hydrogen (secondary N) is 3. The molecule has 0 aliphatic heterocycles. The number of carbonyl (C=O) groups is 1. The minimum Gasteiger partial charge on any atom is -0.320 e. The number of hydrogen-bond acceptors (Lipinski definition) is 6. The molecule has 0 aliphatic carbocycles. The maximum atomic E-state index is 12.6. The van der Waals surface area contributed by atoms with Gasteiger partial charge in [-0.25, -0.2) is 4.98 Å². The Hall–Kier alpha value is -3.20. The van der Waals surface area contributed by atoms with Gasteiger partial charge in [-0.2, -0.15) is 10.2 Å². The summed E-state index contributed by atoms with van der Waals surface area (Å²) in [6.07, 6.45) is 5.09. The van der Waals surface area contributed by atoms with Gasteiger partial charge in [0.25, 0.3) is 5.91 Å². The van der Waals surface area contributed by atoms with Crippen LogP contribution in [0.25, 0.3) is 10.9 Å². The Morgan fingerprint density at radius 1 is 1.28 bits per heavy atom. The average Bonchev–Trinajstić information content (AvgIpc) is 3.31. The predicted molar refractivity (Wildman–Crippen MR) is 97.4 cm³/mol. The summed E-state index contributed by atoms with van der Waals surface area (Å²) in [6.45, 7) is 1.95. The zero-order chi connectivity index (χ0) is 17.4.